The predicted molar refractivity (Wildman–Crippen MR) is 100 cm³/mol. The van der Waals surface area contributed by atoms with Crippen LogP contribution in [0.25, 0.3) is 11.3 Å². The third-order valence-corrected chi connectivity index (χ3v) is 4.98. The fourth-order valence-electron chi connectivity index (χ4n) is 3.36. The first-order valence-electron chi connectivity index (χ1n) is 8.82. The lowest BCUT2D eigenvalue weighted by atomic mass is 9.71. The van der Waals surface area contributed by atoms with E-state index in [2.05, 4.69) is 38.7 Å². The number of nitrogens with zero attached hydrogens (tertiary/aromatic N) is 4. The smallest absolute Gasteiger partial charge is 0.148 e. The van der Waals surface area contributed by atoms with Gasteiger partial charge in [-0.25, -0.2) is 0 Å². The van der Waals surface area contributed by atoms with Crippen molar-refractivity contribution in [1.82, 2.24) is 15.2 Å². The lowest BCUT2D eigenvalue weighted by Gasteiger charge is -2.36. The fraction of sp³-hybridized carbons (Fsp3) is 0.238. The average molecular weight is 341 g/mol. The van der Waals surface area contributed by atoms with Crippen LogP contribution in [-0.2, 0) is 0 Å². The van der Waals surface area contributed by atoms with Gasteiger partial charge in [-0.1, -0.05) is 18.2 Å². The molecule has 2 heterocycles. The van der Waals surface area contributed by atoms with Crippen molar-refractivity contribution in [2.45, 2.75) is 18.8 Å². The van der Waals surface area contributed by atoms with Crippen molar-refractivity contribution in [2.75, 3.05) is 11.9 Å². The SMILES string of the molecule is N#Cc1cccc(-c2ccc(NCC3CCC3c3ccccn3)nn2)c1. The van der Waals surface area contributed by atoms with E-state index in [0.29, 0.717) is 17.4 Å². The molecule has 0 aliphatic heterocycles. The molecule has 2 aromatic heterocycles. The van der Waals surface area contributed by atoms with Gasteiger partial charge >= 0.3 is 0 Å². The summed E-state index contributed by atoms with van der Waals surface area (Å²) in [5.74, 6) is 1.89. The molecule has 2 atom stereocenters. The van der Waals surface area contributed by atoms with Gasteiger partial charge in [0.25, 0.3) is 0 Å². The molecule has 1 aromatic carbocycles. The summed E-state index contributed by atoms with van der Waals surface area (Å²) in [5, 5.41) is 21.0. The molecule has 128 valence electrons. The maximum absolute atomic E-state index is 9.01. The van der Waals surface area contributed by atoms with Gasteiger partial charge in [0, 0.05) is 29.9 Å². The van der Waals surface area contributed by atoms with E-state index >= 15 is 0 Å². The van der Waals surface area contributed by atoms with E-state index in [-0.39, 0.29) is 0 Å². The Morgan fingerprint density at radius 1 is 1.04 bits per heavy atom. The molecule has 26 heavy (non-hydrogen) atoms. The number of nitriles is 1. The first kappa shape index (κ1) is 16.2. The molecule has 5 nitrogen and oxygen atoms in total. The Bertz CT molecular complexity index is 915. The highest BCUT2D eigenvalue weighted by atomic mass is 15.2. The number of pyridine rings is 1. The summed E-state index contributed by atoms with van der Waals surface area (Å²) >= 11 is 0. The fourth-order valence-corrected chi connectivity index (χ4v) is 3.36. The van der Waals surface area contributed by atoms with Crippen LogP contribution in [0.4, 0.5) is 5.82 Å². The molecular formula is C21H19N5. The number of rotatable bonds is 5. The zero-order valence-electron chi connectivity index (χ0n) is 14.3. The highest BCUT2D eigenvalue weighted by Gasteiger charge is 2.32. The highest BCUT2D eigenvalue weighted by molar-refractivity contribution is 5.61. The van der Waals surface area contributed by atoms with Crippen molar-refractivity contribution in [1.29, 1.82) is 5.26 Å². The lowest BCUT2D eigenvalue weighted by Crippen LogP contribution is -2.30. The number of aromatic nitrogens is 3. The maximum Gasteiger partial charge on any atom is 0.148 e. The maximum atomic E-state index is 9.01. The summed E-state index contributed by atoms with van der Waals surface area (Å²) in [7, 11) is 0. The molecule has 1 saturated carbocycles. The molecule has 0 spiro atoms. The van der Waals surface area contributed by atoms with Crippen molar-refractivity contribution in [3.8, 4) is 17.3 Å². The molecule has 0 bridgehead atoms. The molecule has 0 radical (unpaired) electrons. The Morgan fingerprint density at radius 3 is 2.69 bits per heavy atom. The molecule has 1 N–H and O–H groups in total. The van der Waals surface area contributed by atoms with Crippen LogP contribution in [-0.4, -0.2) is 21.7 Å². The second kappa shape index (κ2) is 7.32. The minimum absolute atomic E-state index is 0.532. The summed E-state index contributed by atoms with van der Waals surface area (Å²) < 4.78 is 0. The van der Waals surface area contributed by atoms with Gasteiger partial charge in [0.05, 0.1) is 17.3 Å². The van der Waals surface area contributed by atoms with Crippen LogP contribution in [0.3, 0.4) is 0 Å². The van der Waals surface area contributed by atoms with Crippen LogP contribution in [0.15, 0.2) is 60.8 Å². The first-order chi connectivity index (χ1) is 12.8. The molecule has 4 rings (SSSR count). The van der Waals surface area contributed by atoms with Crippen molar-refractivity contribution >= 4 is 5.82 Å². The zero-order chi connectivity index (χ0) is 17.8. The van der Waals surface area contributed by atoms with Gasteiger partial charge in [0.2, 0.25) is 0 Å². The Kier molecular flexibility index (Phi) is 4.57. The van der Waals surface area contributed by atoms with E-state index in [4.69, 9.17) is 5.26 Å². The van der Waals surface area contributed by atoms with E-state index in [0.717, 1.165) is 23.6 Å². The molecule has 3 aromatic rings. The number of benzene rings is 1. The highest BCUT2D eigenvalue weighted by Crippen LogP contribution is 2.41. The van der Waals surface area contributed by atoms with E-state index < -0.39 is 0 Å². The molecule has 1 aliphatic carbocycles. The topological polar surface area (TPSA) is 74.5 Å². The Labute approximate surface area is 152 Å². The van der Waals surface area contributed by atoms with Crippen molar-refractivity contribution in [2.24, 2.45) is 5.92 Å². The quantitative estimate of drug-likeness (QED) is 0.759. The number of hydrogen-bond donors (Lipinski definition) is 1. The van der Waals surface area contributed by atoms with Gasteiger partial charge in [0.15, 0.2) is 0 Å². The number of anilines is 1. The monoisotopic (exact) mass is 341 g/mol. The van der Waals surface area contributed by atoms with Crippen molar-refractivity contribution in [3.05, 3.63) is 72.1 Å². The molecule has 1 aliphatic rings. The Morgan fingerprint density at radius 2 is 2.00 bits per heavy atom. The number of nitrogens with one attached hydrogen (secondary N) is 1. The van der Waals surface area contributed by atoms with Gasteiger partial charge in [-0.05, 0) is 55.2 Å². The van der Waals surface area contributed by atoms with Gasteiger partial charge in [0.1, 0.15) is 5.82 Å². The van der Waals surface area contributed by atoms with Crippen LogP contribution in [0.2, 0.25) is 0 Å². The minimum Gasteiger partial charge on any atom is -0.368 e. The summed E-state index contributed by atoms with van der Waals surface area (Å²) in [6.45, 7) is 0.874. The molecule has 2 unspecified atom stereocenters. The normalized spacial score (nSPS) is 18.6. The third-order valence-electron chi connectivity index (χ3n) is 4.98. The van der Waals surface area contributed by atoms with Crippen LogP contribution in [0.5, 0.6) is 0 Å². The summed E-state index contributed by atoms with van der Waals surface area (Å²) in [6.07, 6.45) is 4.27. The molecule has 0 saturated heterocycles. The summed E-state index contributed by atoms with van der Waals surface area (Å²) in [5.41, 5.74) is 3.47. The van der Waals surface area contributed by atoms with Crippen LogP contribution in [0.1, 0.15) is 30.0 Å². The van der Waals surface area contributed by atoms with Crippen LogP contribution in [0, 0.1) is 17.2 Å². The van der Waals surface area contributed by atoms with E-state index in [1.807, 2.05) is 42.6 Å². The van der Waals surface area contributed by atoms with Gasteiger partial charge in [-0.2, -0.15) is 5.26 Å². The predicted octanol–water partition coefficient (Wildman–Crippen LogP) is 4.02. The van der Waals surface area contributed by atoms with Crippen molar-refractivity contribution in [3.63, 3.8) is 0 Å². The molecular weight excluding hydrogens is 322 g/mol. The van der Waals surface area contributed by atoms with Gasteiger partial charge in [-0.3, -0.25) is 4.98 Å². The van der Waals surface area contributed by atoms with Crippen LogP contribution >= 0.6 is 0 Å². The van der Waals surface area contributed by atoms with Crippen molar-refractivity contribution < 1.29 is 0 Å². The lowest BCUT2D eigenvalue weighted by molar-refractivity contribution is 0.264. The van der Waals surface area contributed by atoms with E-state index in [1.54, 1.807) is 6.07 Å². The first-order valence-corrected chi connectivity index (χ1v) is 8.82. The molecule has 0 amide bonds. The second-order valence-electron chi connectivity index (χ2n) is 6.58. The van der Waals surface area contributed by atoms with Gasteiger partial charge < -0.3 is 5.32 Å². The van der Waals surface area contributed by atoms with Gasteiger partial charge in [-0.15, -0.1) is 10.2 Å². The Hall–Kier alpha value is -3.26. The van der Waals surface area contributed by atoms with E-state index in [9.17, 15) is 0 Å². The summed E-state index contributed by atoms with van der Waals surface area (Å²) in [4.78, 5) is 4.49. The minimum atomic E-state index is 0.532. The average Bonchev–Trinajstić information content (AvgIpc) is 2.69. The molecule has 1 fully saturated rings. The Balaban J connectivity index is 1.38. The standard InChI is InChI=1S/C21H19N5/c22-13-15-4-3-5-16(12-15)19-9-10-21(26-25-19)24-14-17-7-8-18(17)20-6-1-2-11-23-20/h1-6,9-12,17-18H,7-8,14H2,(H,24,26). The second-order valence-corrected chi connectivity index (χ2v) is 6.58. The largest absolute Gasteiger partial charge is 0.368 e. The summed E-state index contributed by atoms with van der Waals surface area (Å²) in [6, 6.07) is 19.5. The number of hydrogen-bond acceptors (Lipinski definition) is 5. The van der Waals surface area contributed by atoms with E-state index in [1.165, 1.54) is 18.5 Å². The van der Waals surface area contributed by atoms with Crippen LogP contribution < -0.4 is 5.32 Å². The third kappa shape index (κ3) is 3.40. The molecule has 5 heteroatoms. The zero-order valence-corrected chi connectivity index (χ0v) is 14.3.